The van der Waals surface area contributed by atoms with Crippen LogP contribution >= 0.6 is 0 Å². The highest BCUT2D eigenvalue weighted by Crippen LogP contribution is 2.34. The van der Waals surface area contributed by atoms with E-state index in [1.165, 1.54) is 0 Å². The summed E-state index contributed by atoms with van der Waals surface area (Å²) in [5, 5.41) is 2.20. The molecule has 0 aliphatic carbocycles. The van der Waals surface area contributed by atoms with Gasteiger partial charge < -0.3 is 4.74 Å². The third kappa shape index (κ3) is 2.90. The molecule has 1 atom stereocenters. The Morgan fingerprint density at radius 2 is 1.81 bits per heavy atom. The normalized spacial score (nSPS) is 23.1. The van der Waals surface area contributed by atoms with E-state index in [1.807, 2.05) is 0 Å². The van der Waals surface area contributed by atoms with Crippen LogP contribution in [0.15, 0.2) is 12.1 Å². The minimum atomic E-state index is -0.956. The molecule has 1 fully saturated rings. The number of benzene rings is 1. The molecule has 0 radical (unpaired) electrons. The Morgan fingerprint density at radius 3 is 2.48 bits per heavy atom. The van der Waals surface area contributed by atoms with Crippen molar-refractivity contribution in [2.24, 2.45) is 0 Å². The average Bonchev–Trinajstić information content (AvgIpc) is 2.77. The number of nitrogens with one attached hydrogen (secondary N) is 1. The fourth-order valence-electron chi connectivity index (χ4n) is 3.81. The van der Waals surface area contributed by atoms with Crippen LogP contribution in [0.25, 0.3) is 0 Å². The second-order valence-electron chi connectivity index (χ2n) is 7.37. The van der Waals surface area contributed by atoms with Crippen molar-refractivity contribution in [2.75, 3.05) is 13.2 Å². The number of nitrogens with zero attached hydrogens (tertiary/aromatic N) is 2. The molecule has 1 aromatic carbocycles. The standard InChI is InChI=1S/C19H21N3O5/c1-10(2)21-5-6-27-15-8-13-12(7-11(15)9-21)18(25)22(19(13)26)14-3-4-16(23)20-17(14)24/h7-8,10,14H,3-6,9H2,1-2H3,(H,20,23,24). The maximum absolute atomic E-state index is 12.9. The van der Waals surface area contributed by atoms with Gasteiger partial charge in [-0.15, -0.1) is 0 Å². The maximum atomic E-state index is 12.9. The van der Waals surface area contributed by atoms with Crippen molar-refractivity contribution in [1.82, 2.24) is 15.1 Å². The molecule has 3 heterocycles. The number of hydrogen-bond acceptors (Lipinski definition) is 6. The summed E-state index contributed by atoms with van der Waals surface area (Å²) in [6.45, 7) is 6.08. The molecular weight excluding hydrogens is 350 g/mol. The average molecular weight is 371 g/mol. The summed E-state index contributed by atoms with van der Waals surface area (Å²) in [5.41, 5.74) is 1.39. The fraction of sp³-hybridized carbons (Fsp3) is 0.474. The Morgan fingerprint density at radius 1 is 1.11 bits per heavy atom. The topological polar surface area (TPSA) is 96.0 Å². The number of rotatable bonds is 2. The highest BCUT2D eigenvalue weighted by molar-refractivity contribution is 6.23. The van der Waals surface area contributed by atoms with Gasteiger partial charge in [-0.05, 0) is 32.4 Å². The van der Waals surface area contributed by atoms with Crippen LogP contribution in [0.4, 0.5) is 0 Å². The number of carbonyl (C=O) groups excluding carboxylic acids is 4. The van der Waals surface area contributed by atoms with Gasteiger partial charge in [0.15, 0.2) is 0 Å². The summed E-state index contributed by atoms with van der Waals surface area (Å²) in [6.07, 6.45) is 0.250. The summed E-state index contributed by atoms with van der Waals surface area (Å²) in [4.78, 5) is 52.5. The highest BCUT2D eigenvalue weighted by Gasteiger charge is 2.45. The lowest BCUT2D eigenvalue weighted by molar-refractivity contribution is -0.136. The van der Waals surface area contributed by atoms with Crippen LogP contribution in [0.1, 0.15) is 53.0 Å². The number of hydrogen-bond donors (Lipinski definition) is 1. The van der Waals surface area contributed by atoms with Crippen molar-refractivity contribution in [3.05, 3.63) is 28.8 Å². The monoisotopic (exact) mass is 371 g/mol. The first-order valence-electron chi connectivity index (χ1n) is 9.12. The Kier molecular flexibility index (Phi) is 4.22. The van der Waals surface area contributed by atoms with Crippen molar-refractivity contribution < 1.29 is 23.9 Å². The second kappa shape index (κ2) is 6.45. The lowest BCUT2D eigenvalue weighted by Crippen LogP contribution is -2.54. The molecule has 142 valence electrons. The molecule has 4 amide bonds. The molecule has 27 heavy (non-hydrogen) atoms. The zero-order chi connectivity index (χ0) is 19.3. The van der Waals surface area contributed by atoms with E-state index in [2.05, 4.69) is 24.1 Å². The SMILES string of the molecule is CC(C)N1CCOc2cc3c(cc2C1)C(=O)N(C1CCC(=O)NC1=O)C3=O. The molecule has 1 unspecified atom stereocenters. The smallest absolute Gasteiger partial charge is 0.262 e. The van der Waals surface area contributed by atoms with Crippen LogP contribution in [0.2, 0.25) is 0 Å². The fourth-order valence-corrected chi connectivity index (χ4v) is 3.81. The van der Waals surface area contributed by atoms with Gasteiger partial charge in [0.25, 0.3) is 11.8 Å². The van der Waals surface area contributed by atoms with Crippen molar-refractivity contribution in [3.8, 4) is 5.75 Å². The zero-order valence-electron chi connectivity index (χ0n) is 15.3. The van der Waals surface area contributed by atoms with E-state index in [9.17, 15) is 19.2 Å². The third-order valence-electron chi connectivity index (χ3n) is 5.36. The van der Waals surface area contributed by atoms with Gasteiger partial charge in [-0.2, -0.15) is 0 Å². The predicted octanol–water partition coefficient (Wildman–Crippen LogP) is 0.691. The zero-order valence-corrected chi connectivity index (χ0v) is 15.3. The van der Waals surface area contributed by atoms with Crippen LogP contribution in [-0.2, 0) is 16.1 Å². The molecule has 4 rings (SSSR count). The second-order valence-corrected chi connectivity index (χ2v) is 7.37. The first-order chi connectivity index (χ1) is 12.9. The number of ether oxygens (including phenoxy) is 1. The Hall–Kier alpha value is -2.74. The predicted molar refractivity (Wildman–Crippen MR) is 94.2 cm³/mol. The van der Waals surface area contributed by atoms with Gasteiger partial charge in [0.1, 0.15) is 18.4 Å². The number of fused-ring (bicyclic) bond motifs is 2. The lowest BCUT2D eigenvalue weighted by atomic mass is 10.0. The Balaban J connectivity index is 1.68. The van der Waals surface area contributed by atoms with E-state index < -0.39 is 23.8 Å². The quantitative estimate of drug-likeness (QED) is 0.769. The summed E-state index contributed by atoms with van der Waals surface area (Å²) < 4.78 is 5.81. The minimum Gasteiger partial charge on any atom is -0.492 e. The van der Waals surface area contributed by atoms with Gasteiger partial charge >= 0.3 is 0 Å². The molecule has 8 heteroatoms. The van der Waals surface area contributed by atoms with Crippen LogP contribution in [0.3, 0.4) is 0 Å². The molecule has 1 N–H and O–H groups in total. The number of amides is 4. The molecular formula is C19H21N3O5. The summed E-state index contributed by atoms with van der Waals surface area (Å²) in [6, 6.07) is 2.69. The van der Waals surface area contributed by atoms with Crippen molar-refractivity contribution >= 4 is 23.6 Å². The van der Waals surface area contributed by atoms with Gasteiger partial charge in [0.05, 0.1) is 11.1 Å². The van der Waals surface area contributed by atoms with Gasteiger partial charge in [-0.25, -0.2) is 0 Å². The molecule has 1 aromatic rings. The molecule has 0 bridgehead atoms. The van der Waals surface area contributed by atoms with E-state index >= 15 is 0 Å². The van der Waals surface area contributed by atoms with Crippen molar-refractivity contribution in [3.63, 3.8) is 0 Å². The summed E-state index contributed by atoms with van der Waals surface area (Å²) in [7, 11) is 0. The number of carbonyl (C=O) groups is 4. The van der Waals surface area contributed by atoms with Gasteiger partial charge in [0.2, 0.25) is 11.8 Å². The van der Waals surface area contributed by atoms with Gasteiger partial charge in [-0.1, -0.05) is 0 Å². The largest absolute Gasteiger partial charge is 0.492 e. The number of piperidine rings is 1. The van der Waals surface area contributed by atoms with Gasteiger partial charge in [-0.3, -0.25) is 34.3 Å². The van der Waals surface area contributed by atoms with Crippen molar-refractivity contribution in [2.45, 2.75) is 45.3 Å². The molecule has 3 aliphatic rings. The first-order valence-corrected chi connectivity index (χ1v) is 9.12. The van der Waals surface area contributed by atoms with E-state index in [1.54, 1.807) is 12.1 Å². The van der Waals surface area contributed by atoms with Crippen LogP contribution in [-0.4, -0.2) is 58.7 Å². The molecule has 1 saturated heterocycles. The van der Waals surface area contributed by atoms with E-state index in [4.69, 9.17) is 4.74 Å². The molecule has 8 nitrogen and oxygen atoms in total. The Bertz CT molecular complexity index is 863. The minimum absolute atomic E-state index is 0.104. The summed E-state index contributed by atoms with van der Waals surface area (Å²) >= 11 is 0. The maximum Gasteiger partial charge on any atom is 0.262 e. The molecule has 0 aromatic heterocycles. The van der Waals surface area contributed by atoms with Crippen LogP contribution in [0, 0.1) is 0 Å². The third-order valence-corrected chi connectivity index (χ3v) is 5.36. The molecule has 0 spiro atoms. The van der Waals surface area contributed by atoms with E-state index in [0.29, 0.717) is 24.9 Å². The van der Waals surface area contributed by atoms with Crippen LogP contribution < -0.4 is 10.1 Å². The van der Waals surface area contributed by atoms with Crippen molar-refractivity contribution in [1.29, 1.82) is 0 Å². The number of imide groups is 2. The van der Waals surface area contributed by atoms with E-state index in [0.717, 1.165) is 17.0 Å². The lowest BCUT2D eigenvalue weighted by Gasteiger charge is -2.27. The molecule has 0 saturated carbocycles. The molecule has 3 aliphatic heterocycles. The van der Waals surface area contributed by atoms with E-state index in [-0.39, 0.29) is 29.9 Å². The van der Waals surface area contributed by atoms with Crippen LogP contribution in [0.5, 0.6) is 5.75 Å². The Labute approximate surface area is 156 Å². The first kappa shape index (κ1) is 17.7. The highest BCUT2D eigenvalue weighted by atomic mass is 16.5. The van der Waals surface area contributed by atoms with Gasteiger partial charge in [0, 0.05) is 31.1 Å². The summed E-state index contributed by atoms with van der Waals surface area (Å²) in [5.74, 6) is -1.40.